The Kier molecular flexibility index (Phi) is 14.9. The molecule has 0 unspecified atom stereocenters. The van der Waals surface area contributed by atoms with Crippen LogP contribution in [-0.2, 0) is 41.2 Å². The number of carbonyl (C=O) groups is 5. The first-order chi connectivity index (χ1) is 28.9. The molecule has 6 rings (SSSR count). The standard InChI is InChI=1S/C49H60N4O6Si/c1-35(59-60(49(2,3)4,38-25-14-7-15-26-38)39-27-16-8-17-28-39)44(54)31-19-9-18-29-40-45(55)51-41(33-36-21-10-5-11-22-36)46(56)52-42(34-37-23-12-6-13-24-37)48(58)53-32-20-30-43(53)47(57)50-40/h5-8,10-17,21-28,35,40-43H,9,18-20,29-34H2,1-4H3,(H,50,57)(H,51,55)(H,52,56)/t35-,40-,41+,42-,43+/m0/s1. The molecule has 2 heterocycles. The molecule has 3 N–H and O–H groups in total. The highest BCUT2D eigenvalue weighted by molar-refractivity contribution is 6.99. The lowest BCUT2D eigenvalue weighted by atomic mass is 10.00. The fourth-order valence-electron chi connectivity index (χ4n) is 8.74. The van der Waals surface area contributed by atoms with Crippen molar-refractivity contribution in [1.29, 1.82) is 0 Å². The molecule has 2 aliphatic heterocycles. The van der Waals surface area contributed by atoms with Crippen molar-refractivity contribution in [2.75, 3.05) is 6.54 Å². The van der Waals surface area contributed by atoms with E-state index in [4.69, 9.17) is 4.43 Å². The van der Waals surface area contributed by atoms with E-state index in [1.54, 1.807) is 4.90 Å². The Morgan fingerprint density at radius 3 is 1.70 bits per heavy atom. The number of carbonyl (C=O) groups excluding carboxylic acids is 5. The summed E-state index contributed by atoms with van der Waals surface area (Å²) in [6.07, 6.45) is 3.30. The molecule has 0 spiro atoms. The predicted molar refractivity (Wildman–Crippen MR) is 237 cm³/mol. The molecule has 0 aromatic heterocycles. The van der Waals surface area contributed by atoms with Gasteiger partial charge in [0.05, 0.1) is 0 Å². The van der Waals surface area contributed by atoms with Gasteiger partial charge in [0.25, 0.3) is 8.32 Å². The lowest BCUT2D eigenvalue weighted by molar-refractivity contribution is -0.143. The van der Waals surface area contributed by atoms with Crippen LogP contribution in [0.25, 0.3) is 0 Å². The van der Waals surface area contributed by atoms with Crippen molar-refractivity contribution in [3.05, 3.63) is 132 Å². The van der Waals surface area contributed by atoms with Crippen LogP contribution in [0.3, 0.4) is 0 Å². The van der Waals surface area contributed by atoms with Crippen LogP contribution >= 0.6 is 0 Å². The van der Waals surface area contributed by atoms with E-state index < -0.39 is 50.4 Å². The molecule has 60 heavy (non-hydrogen) atoms. The molecule has 0 bridgehead atoms. The van der Waals surface area contributed by atoms with E-state index >= 15 is 0 Å². The molecule has 4 aromatic carbocycles. The van der Waals surface area contributed by atoms with Crippen LogP contribution in [0.15, 0.2) is 121 Å². The van der Waals surface area contributed by atoms with E-state index in [1.165, 1.54) is 0 Å². The molecule has 5 atom stereocenters. The number of nitrogens with zero attached hydrogens (tertiary/aromatic N) is 1. The SMILES string of the molecule is C[C@H](O[Si](c1ccccc1)(c1ccccc1)C(C)(C)C)C(=O)CCCCC[C@@H]1NC(=O)[C@H]2CCCN2C(=O)[C@H](Cc2ccccc2)NC(=O)[C@@H](Cc2ccccc2)NC1=O. The molecule has 11 heteroatoms. The number of amides is 4. The normalized spacial score (nSPS) is 20.8. The van der Waals surface area contributed by atoms with E-state index in [1.807, 2.05) is 104 Å². The minimum Gasteiger partial charge on any atom is -0.398 e. The highest BCUT2D eigenvalue weighted by Crippen LogP contribution is 2.37. The second-order valence-corrected chi connectivity index (χ2v) is 21.5. The van der Waals surface area contributed by atoms with Crippen molar-refractivity contribution in [2.45, 2.75) is 121 Å². The van der Waals surface area contributed by atoms with Crippen LogP contribution in [-0.4, -0.2) is 79.4 Å². The van der Waals surface area contributed by atoms with Crippen molar-refractivity contribution < 1.29 is 28.4 Å². The quantitative estimate of drug-likeness (QED) is 0.108. The van der Waals surface area contributed by atoms with Crippen molar-refractivity contribution in [2.24, 2.45) is 0 Å². The molecule has 2 saturated heterocycles. The van der Waals surface area contributed by atoms with E-state index in [2.05, 4.69) is 61.0 Å². The van der Waals surface area contributed by atoms with Gasteiger partial charge in [-0.25, -0.2) is 0 Å². The molecule has 10 nitrogen and oxygen atoms in total. The molecule has 2 aliphatic rings. The predicted octanol–water partition coefficient (Wildman–Crippen LogP) is 5.42. The molecule has 0 saturated carbocycles. The topological polar surface area (TPSA) is 134 Å². The summed E-state index contributed by atoms with van der Waals surface area (Å²) in [4.78, 5) is 71.6. The Morgan fingerprint density at radius 1 is 0.667 bits per heavy atom. The van der Waals surface area contributed by atoms with Crippen LogP contribution in [0.5, 0.6) is 0 Å². The second kappa shape index (κ2) is 20.2. The van der Waals surface area contributed by atoms with Crippen LogP contribution in [0, 0.1) is 0 Å². The van der Waals surface area contributed by atoms with Gasteiger partial charge in [-0.05, 0) is 59.1 Å². The molecular formula is C49H60N4O6Si. The summed E-state index contributed by atoms with van der Waals surface area (Å²) >= 11 is 0. The molecule has 0 radical (unpaired) electrons. The third-order valence-electron chi connectivity index (χ3n) is 11.9. The van der Waals surface area contributed by atoms with Gasteiger partial charge < -0.3 is 25.3 Å². The highest BCUT2D eigenvalue weighted by atomic mass is 28.4. The van der Waals surface area contributed by atoms with Crippen LogP contribution in [0.2, 0.25) is 5.04 Å². The van der Waals surface area contributed by atoms with Gasteiger partial charge in [-0.3, -0.25) is 24.0 Å². The maximum absolute atomic E-state index is 14.2. The first-order valence-corrected chi connectivity index (χ1v) is 23.4. The number of fused-ring (bicyclic) bond motifs is 1. The lowest BCUT2D eigenvalue weighted by Crippen LogP contribution is -2.68. The van der Waals surface area contributed by atoms with Gasteiger partial charge in [0, 0.05) is 25.8 Å². The Hall–Kier alpha value is -5.39. The third-order valence-corrected chi connectivity index (χ3v) is 17.0. The molecule has 4 aromatic rings. The van der Waals surface area contributed by atoms with E-state index in [-0.39, 0.29) is 35.5 Å². The zero-order chi connectivity index (χ0) is 42.7. The van der Waals surface area contributed by atoms with Crippen LogP contribution in [0.4, 0.5) is 0 Å². The number of hydrogen-bond donors (Lipinski definition) is 3. The fourth-order valence-corrected chi connectivity index (χ4v) is 13.4. The highest BCUT2D eigenvalue weighted by Gasteiger charge is 2.51. The maximum atomic E-state index is 14.2. The van der Waals surface area contributed by atoms with Gasteiger partial charge in [0.2, 0.25) is 23.6 Å². The smallest absolute Gasteiger partial charge is 0.262 e. The molecular weight excluding hydrogens is 769 g/mol. The monoisotopic (exact) mass is 828 g/mol. The van der Waals surface area contributed by atoms with Crippen molar-refractivity contribution in [1.82, 2.24) is 20.9 Å². The molecule has 2 fully saturated rings. The summed E-state index contributed by atoms with van der Waals surface area (Å²) in [5.74, 6) is -1.60. The minimum absolute atomic E-state index is 0.0198. The van der Waals surface area contributed by atoms with Crippen LogP contribution in [0.1, 0.15) is 83.8 Å². The zero-order valence-corrected chi connectivity index (χ0v) is 36.4. The fraction of sp³-hybridized carbons (Fsp3) is 0.408. The summed E-state index contributed by atoms with van der Waals surface area (Å²) in [7, 11) is -2.92. The van der Waals surface area contributed by atoms with Gasteiger partial charge in [-0.2, -0.15) is 0 Å². The number of nitrogens with one attached hydrogen (secondary N) is 3. The molecule has 0 aliphatic carbocycles. The summed E-state index contributed by atoms with van der Waals surface area (Å²) in [5.41, 5.74) is 1.71. The summed E-state index contributed by atoms with van der Waals surface area (Å²) in [6.45, 7) is 8.81. The number of Topliss-reactive ketones (excluding diaryl/α,β-unsaturated/α-hetero) is 1. The first-order valence-electron chi connectivity index (χ1n) is 21.5. The largest absolute Gasteiger partial charge is 0.398 e. The Balaban J connectivity index is 1.14. The average Bonchev–Trinajstić information content (AvgIpc) is 3.75. The number of unbranched alkanes of at least 4 members (excludes halogenated alkanes) is 2. The van der Waals surface area contributed by atoms with Crippen molar-refractivity contribution >= 4 is 48.1 Å². The average molecular weight is 829 g/mol. The van der Waals surface area contributed by atoms with Gasteiger partial charge >= 0.3 is 0 Å². The second-order valence-electron chi connectivity index (χ2n) is 17.2. The number of rotatable bonds is 15. The van der Waals surface area contributed by atoms with Gasteiger partial charge in [-0.15, -0.1) is 0 Å². The van der Waals surface area contributed by atoms with Gasteiger partial charge in [-0.1, -0.05) is 155 Å². The maximum Gasteiger partial charge on any atom is 0.262 e. The van der Waals surface area contributed by atoms with Crippen molar-refractivity contribution in [3.63, 3.8) is 0 Å². The summed E-state index contributed by atoms with van der Waals surface area (Å²) < 4.78 is 7.05. The zero-order valence-electron chi connectivity index (χ0n) is 35.4. The number of ketones is 1. The molecule has 4 amide bonds. The van der Waals surface area contributed by atoms with E-state index in [9.17, 15) is 24.0 Å². The number of benzene rings is 4. The Morgan fingerprint density at radius 2 is 1.15 bits per heavy atom. The van der Waals surface area contributed by atoms with Crippen LogP contribution < -0.4 is 26.3 Å². The van der Waals surface area contributed by atoms with Gasteiger partial charge in [0.15, 0.2) is 5.78 Å². The summed E-state index contributed by atoms with van der Waals surface area (Å²) in [6, 6.07) is 35.8. The third kappa shape index (κ3) is 10.7. The summed E-state index contributed by atoms with van der Waals surface area (Å²) in [5, 5.41) is 10.8. The minimum atomic E-state index is -2.92. The number of hydrogen-bond acceptors (Lipinski definition) is 6. The Bertz CT molecular complexity index is 2020. The van der Waals surface area contributed by atoms with Crippen molar-refractivity contribution in [3.8, 4) is 0 Å². The molecule has 316 valence electrons. The first kappa shape index (κ1) is 44.2. The Labute approximate surface area is 356 Å². The van der Waals surface area contributed by atoms with Gasteiger partial charge in [0.1, 0.15) is 30.3 Å². The van der Waals surface area contributed by atoms with E-state index in [0.717, 1.165) is 21.5 Å². The lowest BCUT2D eigenvalue weighted by Gasteiger charge is -2.44. The van der Waals surface area contributed by atoms with E-state index in [0.29, 0.717) is 51.5 Å².